The number of hydrogen-bond donors (Lipinski definition) is 1. The highest BCUT2D eigenvalue weighted by Crippen LogP contribution is 2.33. The van der Waals surface area contributed by atoms with Crippen LogP contribution in [0.15, 0.2) is 18.2 Å². The van der Waals surface area contributed by atoms with Gasteiger partial charge in [0.15, 0.2) is 6.61 Å². The van der Waals surface area contributed by atoms with Gasteiger partial charge in [-0.1, -0.05) is 0 Å². The van der Waals surface area contributed by atoms with Crippen LogP contribution in [0.3, 0.4) is 0 Å². The number of benzene rings is 1. The van der Waals surface area contributed by atoms with Crippen molar-refractivity contribution in [1.82, 2.24) is 10.2 Å². The normalized spacial score (nSPS) is 18.4. The first-order chi connectivity index (χ1) is 13.5. The van der Waals surface area contributed by atoms with E-state index in [0.29, 0.717) is 36.6 Å². The van der Waals surface area contributed by atoms with Crippen LogP contribution in [-0.4, -0.2) is 68.1 Å². The molecule has 1 fully saturated rings. The van der Waals surface area contributed by atoms with Crippen LogP contribution in [0.1, 0.15) is 37.0 Å². The molecule has 1 aromatic rings. The van der Waals surface area contributed by atoms with Crippen molar-refractivity contribution in [2.24, 2.45) is 0 Å². The quantitative estimate of drug-likeness (QED) is 0.757. The van der Waals surface area contributed by atoms with Gasteiger partial charge in [-0.3, -0.25) is 19.3 Å². The third-order valence-corrected chi connectivity index (χ3v) is 5.05. The molecule has 2 heterocycles. The summed E-state index contributed by atoms with van der Waals surface area (Å²) in [5, 5.41) is 2.82. The second-order valence-corrected chi connectivity index (χ2v) is 6.87. The molecule has 0 unspecified atom stereocenters. The molecule has 8 heteroatoms. The average molecular weight is 389 g/mol. The van der Waals surface area contributed by atoms with Crippen molar-refractivity contribution in [3.05, 3.63) is 23.8 Å². The summed E-state index contributed by atoms with van der Waals surface area (Å²) in [6, 6.07) is 4.99. The van der Waals surface area contributed by atoms with E-state index < -0.39 is 0 Å². The molecule has 0 radical (unpaired) electrons. The molecule has 1 saturated heterocycles. The number of rotatable bonds is 7. The van der Waals surface area contributed by atoms with Gasteiger partial charge in [0.25, 0.3) is 11.8 Å². The minimum atomic E-state index is -0.313. The number of ether oxygens (including phenoxy) is 2. The highest BCUT2D eigenvalue weighted by atomic mass is 16.5. The van der Waals surface area contributed by atoms with E-state index in [-0.39, 0.29) is 37.0 Å². The molecular formula is C20H27N3O5. The van der Waals surface area contributed by atoms with E-state index in [2.05, 4.69) is 5.32 Å². The van der Waals surface area contributed by atoms with E-state index in [4.69, 9.17) is 9.47 Å². The fourth-order valence-corrected chi connectivity index (χ4v) is 3.43. The number of nitrogens with zero attached hydrogens (tertiary/aromatic N) is 2. The highest BCUT2D eigenvalue weighted by Gasteiger charge is 2.29. The van der Waals surface area contributed by atoms with Gasteiger partial charge in [-0.2, -0.15) is 0 Å². The summed E-state index contributed by atoms with van der Waals surface area (Å²) < 4.78 is 11.0. The minimum Gasteiger partial charge on any atom is -0.482 e. The van der Waals surface area contributed by atoms with Gasteiger partial charge in [-0.25, -0.2) is 0 Å². The standard InChI is InChI=1S/C20H27N3O5/c1-3-22(4-2)20(26)14-7-8-17-16(10-14)23(19(25)13-28-17)12-18(24)21-11-15-6-5-9-27-15/h7-8,10,15H,3-6,9,11-13H2,1-2H3,(H,21,24)/t15-/m0/s1. The summed E-state index contributed by atoms with van der Waals surface area (Å²) in [5.41, 5.74) is 0.909. The fourth-order valence-electron chi connectivity index (χ4n) is 3.43. The maximum Gasteiger partial charge on any atom is 0.265 e. The molecule has 0 aromatic heterocycles. The van der Waals surface area contributed by atoms with Crippen LogP contribution in [0.2, 0.25) is 0 Å². The lowest BCUT2D eigenvalue weighted by Gasteiger charge is -2.30. The lowest BCUT2D eigenvalue weighted by Crippen LogP contribution is -2.46. The van der Waals surface area contributed by atoms with Gasteiger partial charge in [0.2, 0.25) is 5.91 Å². The predicted molar refractivity (Wildman–Crippen MR) is 104 cm³/mol. The first-order valence-corrected chi connectivity index (χ1v) is 9.78. The Kier molecular flexibility index (Phi) is 6.51. The zero-order valence-electron chi connectivity index (χ0n) is 16.4. The monoisotopic (exact) mass is 389 g/mol. The Morgan fingerprint density at radius 3 is 2.75 bits per heavy atom. The summed E-state index contributed by atoms with van der Waals surface area (Å²) in [5.74, 6) is -0.208. The van der Waals surface area contributed by atoms with Crippen LogP contribution in [0, 0.1) is 0 Å². The van der Waals surface area contributed by atoms with Gasteiger partial charge in [0.1, 0.15) is 12.3 Å². The van der Waals surface area contributed by atoms with E-state index in [1.165, 1.54) is 4.90 Å². The maximum atomic E-state index is 12.6. The number of anilines is 1. The average Bonchev–Trinajstić information content (AvgIpc) is 3.23. The van der Waals surface area contributed by atoms with Crippen molar-refractivity contribution in [2.45, 2.75) is 32.8 Å². The van der Waals surface area contributed by atoms with Crippen molar-refractivity contribution < 1.29 is 23.9 Å². The Hall–Kier alpha value is -2.61. The van der Waals surface area contributed by atoms with Crippen LogP contribution in [-0.2, 0) is 14.3 Å². The molecule has 0 spiro atoms. The van der Waals surface area contributed by atoms with Crippen molar-refractivity contribution in [3.63, 3.8) is 0 Å². The number of amides is 3. The minimum absolute atomic E-state index is 0.0370. The summed E-state index contributed by atoms with van der Waals surface area (Å²) in [6.07, 6.45) is 1.96. The number of fused-ring (bicyclic) bond motifs is 1. The number of nitrogens with one attached hydrogen (secondary N) is 1. The Bertz CT molecular complexity index is 741. The van der Waals surface area contributed by atoms with E-state index in [1.807, 2.05) is 13.8 Å². The summed E-state index contributed by atoms with van der Waals surface area (Å²) >= 11 is 0. The van der Waals surface area contributed by atoms with Gasteiger partial charge in [0.05, 0.1) is 11.8 Å². The van der Waals surface area contributed by atoms with E-state index in [1.54, 1.807) is 23.1 Å². The Labute approximate surface area is 164 Å². The van der Waals surface area contributed by atoms with Gasteiger partial charge in [-0.15, -0.1) is 0 Å². The van der Waals surface area contributed by atoms with Crippen LogP contribution >= 0.6 is 0 Å². The van der Waals surface area contributed by atoms with Crippen molar-refractivity contribution >= 4 is 23.4 Å². The Morgan fingerprint density at radius 2 is 2.07 bits per heavy atom. The molecule has 152 valence electrons. The van der Waals surface area contributed by atoms with Gasteiger partial charge >= 0.3 is 0 Å². The number of hydrogen-bond acceptors (Lipinski definition) is 5. The van der Waals surface area contributed by atoms with Crippen molar-refractivity contribution in [1.29, 1.82) is 0 Å². The summed E-state index contributed by atoms with van der Waals surface area (Å²) in [4.78, 5) is 40.5. The molecule has 1 atom stereocenters. The molecule has 0 saturated carbocycles. The second kappa shape index (κ2) is 9.05. The number of carbonyl (C=O) groups is 3. The van der Waals surface area contributed by atoms with Crippen LogP contribution in [0.4, 0.5) is 5.69 Å². The van der Waals surface area contributed by atoms with E-state index in [0.717, 1.165) is 19.4 Å². The Morgan fingerprint density at radius 1 is 1.29 bits per heavy atom. The zero-order valence-corrected chi connectivity index (χ0v) is 16.4. The molecule has 0 bridgehead atoms. The zero-order chi connectivity index (χ0) is 20.1. The molecule has 2 aliphatic rings. The Balaban J connectivity index is 1.73. The van der Waals surface area contributed by atoms with Crippen LogP contribution < -0.4 is 15.0 Å². The van der Waals surface area contributed by atoms with Crippen molar-refractivity contribution in [3.8, 4) is 5.75 Å². The largest absolute Gasteiger partial charge is 0.482 e. The molecule has 1 aromatic carbocycles. The topological polar surface area (TPSA) is 88.2 Å². The van der Waals surface area contributed by atoms with Crippen LogP contribution in [0.5, 0.6) is 5.75 Å². The molecule has 8 nitrogen and oxygen atoms in total. The molecule has 1 N–H and O–H groups in total. The van der Waals surface area contributed by atoms with Gasteiger partial charge < -0.3 is 19.7 Å². The van der Waals surface area contributed by atoms with E-state index >= 15 is 0 Å². The summed E-state index contributed by atoms with van der Waals surface area (Å²) in [6.45, 7) is 5.92. The molecule has 3 rings (SSSR count). The third kappa shape index (κ3) is 4.44. The number of carbonyl (C=O) groups excluding carboxylic acids is 3. The second-order valence-electron chi connectivity index (χ2n) is 6.87. The molecule has 28 heavy (non-hydrogen) atoms. The fraction of sp³-hybridized carbons (Fsp3) is 0.550. The SMILES string of the molecule is CCN(CC)C(=O)c1ccc2c(c1)N(CC(=O)NC[C@@H]1CCCO1)C(=O)CO2. The first kappa shape index (κ1) is 20.1. The summed E-state index contributed by atoms with van der Waals surface area (Å²) in [7, 11) is 0. The smallest absolute Gasteiger partial charge is 0.265 e. The predicted octanol–water partition coefficient (Wildman–Crippen LogP) is 1.19. The molecular weight excluding hydrogens is 362 g/mol. The van der Waals surface area contributed by atoms with Crippen LogP contribution in [0.25, 0.3) is 0 Å². The van der Waals surface area contributed by atoms with Gasteiger partial charge in [-0.05, 0) is 44.9 Å². The maximum absolute atomic E-state index is 12.6. The highest BCUT2D eigenvalue weighted by molar-refractivity contribution is 6.04. The molecule has 2 aliphatic heterocycles. The molecule has 0 aliphatic carbocycles. The lowest BCUT2D eigenvalue weighted by molar-refractivity contribution is -0.125. The van der Waals surface area contributed by atoms with Gasteiger partial charge in [0, 0.05) is 31.8 Å². The third-order valence-electron chi connectivity index (χ3n) is 5.05. The van der Waals surface area contributed by atoms with Crippen molar-refractivity contribution in [2.75, 3.05) is 44.3 Å². The lowest BCUT2D eigenvalue weighted by atomic mass is 10.1. The van der Waals surface area contributed by atoms with E-state index in [9.17, 15) is 14.4 Å². The molecule has 3 amide bonds. The first-order valence-electron chi connectivity index (χ1n) is 9.78.